The van der Waals surface area contributed by atoms with Crippen LogP contribution in [0.25, 0.3) is 0 Å². The van der Waals surface area contributed by atoms with E-state index >= 15 is 0 Å². The second-order valence-corrected chi connectivity index (χ2v) is 10.8. The molecule has 0 N–H and O–H groups in total. The van der Waals surface area contributed by atoms with Gasteiger partial charge >= 0.3 is 0 Å². The molecule has 4 aromatic carbocycles. The molecule has 5 nitrogen and oxygen atoms in total. The van der Waals surface area contributed by atoms with Gasteiger partial charge in [0.1, 0.15) is 0 Å². The summed E-state index contributed by atoms with van der Waals surface area (Å²) in [7, 11) is -3.02. The van der Waals surface area contributed by atoms with Gasteiger partial charge in [0.2, 0.25) is 0 Å². The van der Waals surface area contributed by atoms with Gasteiger partial charge in [-0.2, -0.15) is 5.10 Å². The lowest BCUT2D eigenvalue weighted by Crippen LogP contribution is -2.31. The SMILES string of the molecule is O=S1(=O)CCC(N(N=Cc2ccc(N(c3ccccc3)c3ccccc3)cc2)c2ccccc2)C1. The Kier molecular flexibility index (Phi) is 6.64. The number of rotatable bonds is 7. The summed E-state index contributed by atoms with van der Waals surface area (Å²) in [5, 5.41) is 6.58. The molecule has 0 saturated carbocycles. The highest BCUT2D eigenvalue weighted by Crippen LogP contribution is 2.34. The number of hydrazone groups is 1. The predicted octanol–water partition coefficient (Wildman–Crippen LogP) is 6.18. The number of hydrogen-bond acceptors (Lipinski definition) is 5. The van der Waals surface area contributed by atoms with Gasteiger partial charge < -0.3 is 4.90 Å². The molecule has 1 aliphatic heterocycles. The molecule has 0 aliphatic carbocycles. The molecule has 1 heterocycles. The van der Waals surface area contributed by atoms with Gasteiger partial charge in [0.15, 0.2) is 9.84 Å². The molecule has 35 heavy (non-hydrogen) atoms. The Labute approximate surface area is 206 Å². The molecule has 0 spiro atoms. The van der Waals surface area contributed by atoms with Gasteiger partial charge in [0.05, 0.1) is 29.4 Å². The molecule has 1 fully saturated rings. The van der Waals surface area contributed by atoms with E-state index in [1.54, 1.807) is 6.21 Å². The van der Waals surface area contributed by atoms with E-state index in [-0.39, 0.29) is 17.5 Å². The van der Waals surface area contributed by atoms with Crippen molar-refractivity contribution in [2.45, 2.75) is 12.5 Å². The Morgan fingerprint density at radius 3 is 1.63 bits per heavy atom. The Morgan fingerprint density at radius 1 is 0.657 bits per heavy atom. The molecule has 5 rings (SSSR count). The van der Waals surface area contributed by atoms with Gasteiger partial charge in [0, 0.05) is 17.1 Å². The van der Waals surface area contributed by atoms with E-state index in [0.717, 1.165) is 28.3 Å². The molecule has 4 aromatic rings. The third-order valence-electron chi connectivity index (χ3n) is 6.09. The molecular weight excluding hydrogens is 454 g/mol. The van der Waals surface area contributed by atoms with E-state index < -0.39 is 9.84 Å². The van der Waals surface area contributed by atoms with Crippen LogP contribution in [0.15, 0.2) is 120 Å². The fourth-order valence-corrected chi connectivity index (χ4v) is 6.05. The van der Waals surface area contributed by atoms with Crippen molar-refractivity contribution in [2.24, 2.45) is 5.10 Å². The maximum absolute atomic E-state index is 12.1. The Balaban J connectivity index is 1.42. The minimum atomic E-state index is -3.02. The van der Waals surface area contributed by atoms with Crippen molar-refractivity contribution in [2.75, 3.05) is 21.4 Å². The predicted molar refractivity (Wildman–Crippen MR) is 145 cm³/mol. The van der Waals surface area contributed by atoms with Gasteiger partial charge in [-0.15, -0.1) is 0 Å². The van der Waals surface area contributed by atoms with E-state index in [1.807, 2.05) is 83.9 Å². The Hall–Kier alpha value is -3.90. The third-order valence-corrected chi connectivity index (χ3v) is 7.84. The third kappa shape index (κ3) is 5.44. The smallest absolute Gasteiger partial charge is 0.152 e. The molecule has 1 aliphatic rings. The summed E-state index contributed by atoms with van der Waals surface area (Å²) in [5.74, 6) is 0.335. The van der Waals surface area contributed by atoms with Gasteiger partial charge in [-0.3, -0.25) is 5.01 Å². The molecule has 0 amide bonds. The summed E-state index contributed by atoms with van der Waals surface area (Å²) >= 11 is 0. The average Bonchev–Trinajstić information content (AvgIpc) is 3.26. The normalized spacial score (nSPS) is 16.9. The highest BCUT2D eigenvalue weighted by atomic mass is 32.2. The van der Waals surface area contributed by atoms with Crippen molar-refractivity contribution in [1.29, 1.82) is 0 Å². The average molecular weight is 482 g/mol. The van der Waals surface area contributed by atoms with Crippen LogP contribution < -0.4 is 9.91 Å². The van der Waals surface area contributed by atoms with Crippen molar-refractivity contribution < 1.29 is 8.42 Å². The number of benzene rings is 4. The van der Waals surface area contributed by atoms with Crippen molar-refractivity contribution in [3.63, 3.8) is 0 Å². The number of para-hydroxylation sites is 3. The molecule has 1 saturated heterocycles. The van der Waals surface area contributed by atoms with E-state index in [2.05, 4.69) is 41.3 Å². The number of nitrogens with zero attached hydrogens (tertiary/aromatic N) is 3. The summed E-state index contributed by atoms with van der Waals surface area (Å²) in [6.45, 7) is 0. The van der Waals surface area contributed by atoms with Crippen LogP contribution in [0.3, 0.4) is 0 Å². The van der Waals surface area contributed by atoms with Gasteiger partial charge in [-0.25, -0.2) is 8.42 Å². The Morgan fingerprint density at radius 2 is 1.14 bits per heavy atom. The van der Waals surface area contributed by atoms with E-state index in [9.17, 15) is 8.42 Å². The van der Waals surface area contributed by atoms with Crippen molar-refractivity contribution in [1.82, 2.24) is 0 Å². The molecule has 0 aromatic heterocycles. The van der Waals surface area contributed by atoms with Crippen LogP contribution in [0.5, 0.6) is 0 Å². The summed E-state index contributed by atoms with van der Waals surface area (Å²) in [6, 6.07) is 38.4. The van der Waals surface area contributed by atoms with Gasteiger partial charge in [-0.1, -0.05) is 66.7 Å². The molecule has 1 atom stereocenters. The second kappa shape index (κ2) is 10.2. The van der Waals surface area contributed by atoms with Crippen LogP contribution in [-0.4, -0.2) is 32.2 Å². The lowest BCUT2D eigenvalue weighted by atomic mass is 10.1. The zero-order chi connectivity index (χ0) is 24.1. The second-order valence-electron chi connectivity index (χ2n) is 8.58. The zero-order valence-corrected chi connectivity index (χ0v) is 20.1. The fourth-order valence-electron chi connectivity index (χ4n) is 4.36. The van der Waals surface area contributed by atoms with E-state index in [0.29, 0.717) is 6.42 Å². The zero-order valence-electron chi connectivity index (χ0n) is 19.3. The largest absolute Gasteiger partial charge is 0.311 e. The van der Waals surface area contributed by atoms with Crippen LogP contribution in [0.2, 0.25) is 0 Å². The number of hydrogen-bond donors (Lipinski definition) is 0. The molecule has 176 valence electrons. The highest BCUT2D eigenvalue weighted by Gasteiger charge is 2.32. The van der Waals surface area contributed by atoms with Crippen LogP contribution >= 0.6 is 0 Å². The number of anilines is 4. The van der Waals surface area contributed by atoms with E-state index in [4.69, 9.17) is 5.10 Å². The van der Waals surface area contributed by atoms with E-state index in [1.165, 1.54) is 0 Å². The Bertz CT molecular complexity index is 1340. The number of sulfone groups is 1. The van der Waals surface area contributed by atoms with Crippen molar-refractivity contribution in [3.05, 3.63) is 121 Å². The maximum Gasteiger partial charge on any atom is 0.152 e. The summed E-state index contributed by atoms with van der Waals surface area (Å²) in [6.07, 6.45) is 2.38. The summed E-state index contributed by atoms with van der Waals surface area (Å²) in [5.41, 5.74) is 5.04. The van der Waals surface area contributed by atoms with Crippen LogP contribution in [-0.2, 0) is 9.84 Å². The lowest BCUT2D eigenvalue weighted by molar-refractivity contribution is 0.600. The van der Waals surface area contributed by atoms with Crippen molar-refractivity contribution >= 4 is 38.8 Å². The van der Waals surface area contributed by atoms with Gasteiger partial charge in [-0.05, 0) is 60.5 Å². The topological polar surface area (TPSA) is 53.0 Å². The lowest BCUT2D eigenvalue weighted by Gasteiger charge is -2.26. The first-order valence-corrected chi connectivity index (χ1v) is 13.5. The quantitative estimate of drug-likeness (QED) is 0.233. The first kappa shape index (κ1) is 22.9. The van der Waals surface area contributed by atoms with Crippen LogP contribution in [0, 0.1) is 0 Å². The molecule has 6 heteroatoms. The minimum Gasteiger partial charge on any atom is -0.311 e. The van der Waals surface area contributed by atoms with Crippen LogP contribution in [0.1, 0.15) is 12.0 Å². The first-order chi connectivity index (χ1) is 17.1. The minimum absolute atomic E-state index is 0.126. The van der Waals surface area contributed by atoms with Crippen LogP contribution in [0.4, 0.5) is 22.7 Å². The molecular formula is C29H27N3O2S. The molecule has 0 radical (unpaired) electrons. The monoisotopic (exact) mass is 481 g/mol. The maximum atomic E-state index is 12.1. The molecule has 1 unspecified atom stereocenters. The fraction of sp³-hybridized carbons (Fsp3) is 0.138. The molecule has 0 bridgehead atoms. The highest BCUT2D eigenvalue weighted by molar-refractivity contribution is 7.91. The summed E-state index contributed by atoms with van der Waals surface area (Å²) in [4.78, 5) is 2.21. The van der Waals surface area contributed by atoms with Crippen molar-refractivity contribution in [3.8, 4) is 0 Å². The first-order valence-electron chi connectivity index (χ1n) is 11.7. The van der Waals surface area contributed by atoms with Gasteiger partial charge in [0.25, 0.3) is 0 Å². The summed E-state index contributed by atoms with van der Waals surface area (Å²) < 4.78 is 24.2. The standard InChI is InChI=1S/C29H27N3O2S/c33-35(34)21-20-29(23-35)32(28-14-8-3-9-15-28)30-22-24-16-18-27(19-17-24)31(25-10-4-1-5-11-25)26-12-6-2-7-13-26/h1-19,22,29H,20-21,23H2.